The molecule has 0 aliphatic rings. The molecule has 0 radical (unpaired) electrons. The van der Waals surface area contributed by atoms with Crippen molar-refractivity contribution in [3.8, 4) is 0 Å². The van der Waals surface area contributed by atoms with Crippen molar-refractivity contribution in [1.82, 2.24) is 4.57 Å². The molecule has 22 heavy (non-hydrogen) atoms. The van der Waals surface area contributed by atoms with Crippen molar-refractivity contribution >= 4 is 16.8 Å². The first-order chi connectivity index (χ1) is 10.5. The quantitative estimate of drug-likeness (QED) is 0.401. The highest BCUT2D eigenvalue weighted by Crippen LogP contribution is 2.27. The Morgan fingerprint density at radius 1 is 0.773 bits per heavy atom. The minimum Gasteiger partial charge on any atom is -0.395 e. The van der Waals surface area contributed by atoms with E-state index in [2.05, 4.69) is 52.7 Å². The molecule has 0 aromatic carbocycles. The zero-order chi connectivity index (χ0) is 17.1. The molecule has 0 unspecified atom stereocenters. The molecule has 0 N–H and O–H groups in total. The summed E-state index contributed by atoms with van der Waals surface area (Å²) in [5.74, 6) is 0. The number of nitrogens with zero attached hydrogens (tertiary/aromatic N) is 1. The van der Waals surface area contributed by atoms with Crippen LogP contribution in [0, 0.1) is 0 Å². The van der Waals surface area contributed by atoms with Gasteiger partial charge in [0.25, 0.3) is 0 Å². The predicted molar refractivity (Wildman–Crippen MR) is 103 cm³/mol. The van der Waals surface area contributed by atoms with Crippen LogP contribution >= 0.6 is 0 Å². The zero-order valence-corrected chi connectivity index (χ0v) is 18.3. The Morgan fingerprint density at radius 3 is 1.64 bits per heavy atom. The molecule has 3 nitrogen and oxygen atoms in total. The maximum atomic E-state index is 6.04. The molecule has 134 valence electrons. The largest absolute Gasteiger partial charge is 0.395 e. The monoisotopic (exact) mass is 347 g/mol. The van der Waals surface area contributed by atoms with Gasteiger partial charge in [0.15, 0.2) is 0 Å². The van der Waals surface area contributed by atoms with E-state index >= 15 is 0 Å². The van der Waals surface area contributed by atoms with Crippen molar-refractivity contribution in [2.45, 2.75) is 85.1 Å². The van der Waals surface area contributed by atoms with E-state index in [0.29, 0.717) is 0 Å². The Hall–Kier alpha value is 0.314. The molecule has 0 aliphatic heterocycles. The van der Waals surface area contributed by atoms with E-state index in [4.69, 9.17) is 8.85 Å². The lowest BCUT2D eigenvalue weighted by Crippen LogP contribution is -2.54. The maximum absolute atomic E-state index is 6.04. The molecule has 0 spiro atoms. The van der Waals surface area contributed by atoms with E-state index < -0.39 is 16.8 Å². The molecule has 0 atom stereocenters. The van der Waals surface area contributed by atoms with Crippen LogP contribution in [-0.2, 0) is 8.85 Å². The van der Waals surface area contributed by atoms with Gasteiger partial charge in [0, 0.05) is 19.3 Å². The lowest BCUT2D eigenvalue weighted by molar-refractivity contribution is 0.186. The fourth-order valence-corrected chi connectivity index (χ4v) is 10.0. The van der Waals surface area contributed by atoms with Crippen molar-refractivity contribution in [3.05, 3.63) is 0 Å². The molecular formula is C17H41NO2Si2. The maximum Gasteiger partial charge on any atom is 0.336 e. The molecule has 0 rings (SSSR count). The van der Waals surface area contributed by atoms with Gasteiger partial charge in [-0.3, -0.25) is 0 Å². The summed E-state index contributed by atoms with van der Waals surface area (Å²) in [6, 6.07) is 5.20. The molecule has 0 aromatic rings. The second-order valence-corrected chi connectivity index (χ2v) is 14.9. The van der Waals surface area contributed by atoms with Crippen LogP contribution < -0.4 is 0 Å². The molecule has 0 bridgehead atoms. The van der Waals surface area contributed by atoms with Crippen LogP contribution in [0.15, 0.2) is 0 Å². The van der Waals surface area contributed by atoms with Gasteiger partial charge in [-0.25, -0.2) is 0 Å². The first-order valence-corrected chi connectivity index (χ1v) is 14.6. The van der Waals surface area contributed by atoms with Crippen molar-refractivity contribution in [3.63, 3.8) is 0 Å². The van der Waals surface area contributed by atoms with E-state index in [1.165, 1.54) is 44.1 Å². The van der Waals surface area contributed by atoms with Gasteiger partial charge in [-0.1, -0.05) is 34.1 Å². The molecule has 0 aliphatic carbocycles. The van der Waals surface area contributed by atoms with Crippen LogP contribution in [0.1, 0.15) is 54.4 Å². The number of hydrogen-bond acceptors (Lipinski definition) is 3. The van der Waals surface area contributed by atoms with Crippen LogP contribution in [0.5, 0.6) is 0 Å². The first kappa shape index (κ1) is 22.3. The molecule has 0 amide bonds. The van der Waals surface area contributed by atoms with Crippen molar-refractivity contribution in [1.29, 1.82) is 0 Å². The van der Waals surface area contributed by atoms with Gasteiger partial charge in [-0.05, 0) is 58.0 Å². The predicted octanol–water partition coefficient (Wildman–Crippen LogP) is 5.24. The topological polar surface area (TPSA) is 21.7 Å². The molecular weight excluding hydrogens is 306 g/mol. The third-order valence-electron chi connectivity index (χ3n) is 5.16. The SMILES string of the molecule is CCCCN(CC[Si](C)(OCC)OCC)[Si](CC)(CC)CC. The minimum absolute atomic E-state index is 0.773. The second-order valence-electron chi connectivity index (χ2n) is 6.38. The van der Waals surface area contributed by atoms with Crippen molar-refractivity contribution in [2.75, 3.05) is 26.3 Å². The lowest BCUT2D eigenvalue weighted by Gasteiger charge is -2.42. The summed E-state index contributed by atoms with van der Waals surface area (Å²) in [7, 11) is -3.27. The summed E-state index contributed by atoms with van der Waals surface area (Å²) >= 11 is 0. The number of hydrogen-bond donors (Lipinski definition) is 0. The molecule has 0 aromatic heterocycles. The summed E-state index contributed by atoms with van der Waals surface area (Å²) in [5, 5.41) is 0. The van der Waals surface area contributed by atoms with E-state index in [9.17, 15) is 0 Å². The number of rotatable bonds is 14. The smallest absolute Gasteiger partial charge is 0.336 e. The molecule has 0 fully saturated rings. The van der Waals surface area contributed by atoms with Crippen LogP contribution in [0.2, 0.25) is 30.7 Å². The molecule has 5 heteroatoms. The Kier molecular flexibility index (Phi) is 12.0. The Balaban J connectivity index is 4.96. The summed E-state index contributed by atoms with van der Waals surface area (Å²) in [4.78, 5) is 0. The Bertz CT molecular complexity index is 259. The van der Waals surface area contributed by atoms with E-state index in [-0.39, 0.29) is 0 Å². The minimum atomic E-state index is -1.99. The highest BCUT2D eigenvalue weighted by atomic mass is 28.4. The Labute approximate surface area is 142 Å². The third kappa shape index (κ3) is 6.83. The molecule has 0 heterocycles. The second kappa shape index (κ2) is 11.8. The fraction of sp³-hybridized carbons (Fsp3) is 1.00. The summed E-state index contributed by atoms with van der Waals surface area (Å²) in [6.07, 6.45) is 2.60. The van der Waals surface area contributed by atoms with Gasteiger partial charge < -0.3 is 13.4 Å². The van der Waals surface area contributed by atoms with Gasteiger partial charge in [0.05, 0.1) is 0 Å². The van der Waals surface area contributed by atoms with Gasteiger partial charge in [0.1, 0.15) is 8.24 Å². The third-order valence-corrected chi connectivity index (χ3v) is 13.8. The normalized spacial score (nSPS) is 13.1. The summed E-state index contributed by atoms with van der Waals surface area (Å²) < 4.78 is 15.0. The van der Waals surface area contributed by atoms with E-state index in [1.807, 2.05) is 0 Å². The average molecular weight is 348 g/mol. The van der Waals surface area contributed by atoms with Crippen LogP contribution in [-0.4, -0.2) is 47.7 Å². The highest BCUT2D eigenvalue weighted by Gasteiger charge is 2.37. The van der Waals surface area contributed by atoms with Crippen LogP contribution in [0.25, 0.3) is 0 Å². The Morgan fingerprint density at radius 2 is 1.27 bits per heavy atom. The standard InChI is InChI=1S/C17H41NO2Si2/c1-8-14-15-18(22(11-4,12-5)13-6)16-17-21(7,19-9-2)20-10-3/h8-17H2,1-7H3. The summed E-state index contributed by atoms with van der Waals surface area (Å²) in [5.41, 5.74) is 0. The fourth-order valence-electron chi connectivity index (χ4n) is 3.49. The first-order valence-electron chi connectivity index (χ1n) is 9.50. The molecule has 0 saturated heterocycles. The van der Waals surface area contributed by atoms with Gasteiger partial charge in [-0.15, -0.1) is 0 Å². The van der Waals surface area contributed by atoms with Gasteiger partial charge in [0.2, 0.25) is 0 Å². The number of unbranched alkanes of at least 4 members (excludes halogenated alkanes) is 1. The van der Waals surface area contributed by atoms with Crippen molar-refractivity contribution < 1.29 is 8.85 Å². The average Bonchev–Trinajstić information content (AvgIpc) is 2.51. The van der Waals surface area contributed by atoms with Gasteiger partial charge >= 0.3 is 8.56 Å². The van der Waals surface area contributed by atoms with Crippen LogP contribution in [0.4, 0.5) is 0 Å². The van der Waals surface area contributed by atoms with Crippen molar-refractivity contribution in [2.24, 2.45) is 0 Å². The zero-order valence-electron chi connectivity index (χ0n) is 16.3. The van der Waals surface area contributed by atoms with Gasteiger partial charge in [-0.2, -0.15) is 0 Å². The van der Waals surface area contributed by atoms with E-state index in [1.54, 1.807) is 0 Å². The lowest BCUT2D eigenvalue weighted by atomic mass is 10.3. The summed E-state index contributed by atoms with van der Waals surface area (Å²) in [6.45, 7) is 19.9. The highest BCUT2D eigenvalue weighted by molar-refractivity contribution is 6.77. The molecule has 0 saturated carbocycles. The van der Waals surface area contributed by atoms with Crippen LogP contribution in [0.3, 0.4) is 0 Å². The van der Waals surface area contributed by atoms with E-state index in [0.717, 1.165) is 19.3 Å².